The highest BCUT2D eigenvalue weighted by Gasteiger charge is 2.43. The summed E-state index contributed by atoms with van der Waals surface area (Å²) in [6.45, 7) is 1.86. The van der Waals surface area contributed by atoms with Crippen molar-refractivity contribution in [3.63, 3.8) is 0 Å². The number of carbonyl (C=O) groups is 1. The number of methoxy groups -OCH3 is 1. The van der Waals surface area contributed by atoms with Gasteiger partial charge in [0.05, 0.1) is 17.6 Å². The molecule has 0 heterocycles. The Hall–Kier alpha value is -3.18. The molecule has 156 valence electrons. The van der Waals surface area contributed by atoms with E-state index in [1.807, 2.05) is 6.92 Å². The van der Waals surface area contributed by atoms with Crippen molar-refractivity contribution in [2.24, 2.45) is 5.14 Å². The molecule has 0 aliphatic heterocycles. The fourth-order valence-corrected chi connectivity index (χ4v) is 3.70. The molecule has 0 bridgehead atoms. The Morgan fingerprint density at radius 3 is 2.31 bits per heavy atom. The molecule has 0 saturated carbocycles. The molecule has 0 amide bonds. The van der Waals surface area contributed by atoms with Gasteiger partial charge in [-0.1, -0.05) is 17.7 Å². The lowest BCUT2D eigenvalue weighted by Crippen LogP contribution is -2.29. The van der Waals surface area contributed by atoms with Gasteiger partial charge >= 0.3 is 11.7 Å². The first-order valence-corrected chi connectivity index (χ1v) is 9.85. The number of hydrogen-bond acceptors (Lipinski definition) is 8. The molecule has 0 fully saturated rings. The van der Waals surface area contributed by atoms with Crippen LogP contribution in [0.5, 0.6) is 5.75 Å². The molecule has 2 N–H and O–H groups in total. The number of rotatable bonds is 6. The number of ether oxygens (including phenoxy) is 2. The van der Waals surface area contributed by atoms with Crippen molar-refractivity contribution in [3.8, 4) is 5.75 Å². The van der Waals surface area contributed by atoms with Crippen molar-refractivity contribution >= 4 is 16.0 Å². The van der Waals surface area contributed by atoms with Crippen LogP contribution in [0.15, 0.2) is 58.0 Å². The lowest BCUT2D eigenvalue weighted by Gasteiger charge is -2.22. The largest absolute Gasteiger partial charge is 0.466 e. The minimum Gasteiger partial charge on any atom is -0.466 e. The average Bonchev–Trinajstić information content (AvgIpc) is 2.61. The second kappa shape index (κ2) is 8.45. The summed E-state index contributed by atoms with van der Waals surface area (Å²) in [7, 11) is -0.277. The fourth-order valence-electron chi connectivity index (χ4n) is 2.76. The van der Waals surface area contributed by atoms with Crippen LogP contribution in [0, 0.1) is 17.0 Å². The Morgan fingerprint density at radius 2 is 1.86 bits per heavy atom. The Morgan fingerprint density at radius 1 is 1.28 bits per heavy atom. The van der Waals surface area contributed by atoms with E-state index in [1.165, 1.54) is 6.20 Å². The first-order valence-electron chi connectivity index (χ1n) is 8.31. The van der Waals surface area contributed by atoms with Gasteiger partial charge in [-0.3, -0.25) is 10.1 Å². The predicted molar refractivity (Wildman–Crippen MR) is 104 cm³/mol. The Bertz CT molecular complexity index is 1040. The minimum atomic E-state index is -4.65. The quantitative estimate of drug-likeness (QED) is 0.411. The number of nitrogens with zero attached hydrogens (tertiary/aromatic N) is 2. The zero-order chi connectivity index (χ0) is 21.9. The van der Waals surface area contributed by atoms with Gasteiger partial charge < -0.3 is 14.4 Å². The molecule has 0 unspecified atom stereocenters. The molecule has 29 heavy (non-hydrogen) atoms. The van der Waals surface area contributed by atoms with E-state index in [9.17, 15) is 23.3 Å². The van der Waals surface area contributed by atoms with Crippen LogP contribution in [0.2, 0.25) is 0 Å². The molecule has 1 aromatic carbocycles. The van der Waals surface area contributed by atoms with Crippen molar-refractivity contribution in [3.05, 3.63) is 73.7 Å². The number of nitrogens with two attached hydrogens (primary N) is 1. The summed E-state index contributed by atoms with van der Waals surface area (Å²) >= 11 is 0. The first kappa shape index (κ1) is 22.1. The smallest absolute Gasteiger partial charge is 0.335 e. The van der Waals surface area contributed by atoms with E-state index in [-0.39, 0.29) is 23.5 Å². The molecule has 10 nitrogen and oxygen atoms in total. The van der Waals surface area contributed by atoms with E-state index in [0.717, 1.165) is 12.7 Å². The average molecular weight is 423 g/mol. The molecular formula is C18H21N3O7S. The van der Waals surface area contributed by atoms with E-state index < -0.39 is 37.1 Å². The van der Waals surface area contributed by atoms with Crippen LogP contribution in [0.3, 0.4) is 0 Å². The number of primary sulfonamides is 1. The van der Waals surface area contributed by atoms with E-state index >= 15 is 0 Å². The standard InChI is InChI=1S/C18H21N3O7S/c1-11-5-7-13(8-6-11)28-16-12(10-20(2)3)9-14(18(22)27-4)17(29(19,25)26)15(16)21(23)24/h5-8,10H,9H2,1-4H3,(H2,19,25,26). The monoisotopic (exact) mass is 423 g/mol. The highest BCUT2D eigenvalue weighted by Crippen LogP contribution is 2.38. The fraction of sp³-hybridized carbons (Fsp3) is 0.278. The second-order valence-electron chi connectivity index (χ2n) is 6.49. The van der Waals surface area contributed by atoms with Crippen LogP contribution < -0.4 is 9.88 Å². The number of esters is 1. The maximum absolute atomic E-state index is 12.2. The zero-order valence-electron chi connectivity index (χ0n) is 16.3. The summed E-state index contributed by atoms with van der Waals surface area (Å²) in [6, 6.07) is 6.64. The number of nitro groups is 1. The number of benzene rings is 1. The van der Waals surface area contributed by atoms with E-state index in [4.69, 9.17) is 9.88 Å². The topological polar surface area (TPSA) is 142 Å². The van der Waals surface area contributed by atoms with Crippen LogP contribution in [0.4, 0.5) is 0 Å². The third-order valence-corrected chi connectivity index (χ3v) is 4.93. The number of hydrogen-bond donors (Lipinski definition) is 1. The van der Waals surface area contributed by atoms with E-state index in [0.29, 0.717) is 0 Å². The Balaban J connectivity index is 2.86. The van der Waals surface area contributed by atoms with Crippen LogP contribution in [-0.2, 0) is 19.6 Å². The van der Waals surface area contributed by atoms with Gasteiger partial charge in [0.2, 0.25) is 15.8 Å². The molecule has 11 heteroatoms. The summed E-state index contributed by atoms with van der Waals surface area (Å²) in [6.07, 6.45) is 1.21. The van der Waals surface area contributed by atoms with Crippen LogP contribution in [-0.4, -0.2) is 45.4 Å². The third kappa shape index (κ3) is 5.00. The van der Waals surface area contributed by atoms with Crippen molar-refractivity contribution in [2.75, 3.05) is 21.2 Å². The van der Waals surface area contributed by atoms with Crippen molar-refractivity contribution in [1.82, 2.24) is 4.90 Å². The molecular weight excluding hydrogens is 402 g/mol. The van der Waals surface area contributed by atoms with Crippen LogP contribution in [0.1, 0.15) is 12.0 Å². The number of allylic oxidation sites excluding steroid dienone is 1. The molecule has 1 aliphatic carbocycles. The third-order valence-electron chi connectivity index (χ3n) is 3.92. The Kier molecular flexibility index (Phi) is 6.44. The van der Waals surface area contributed by atoms with Crippen molar-refractivity contribution < 1.29 is 27.6 Å². The first-order chi connectivity index (χ1) is 13.5. The molecule has 1 aromatic rings. The molecule has 2 rings (SSSR count). The molecule has 0 aromatic heterocycles. The van der Waals surface area contributed by atoms with Gasteiger partial charge in [0.1, 0.15) is 5.75 Å². The number of carbonyl (C=O) groups excluding carboxylic acids is 1. The Labute approximate surface area is 168 Å². The summed E-state index contributed by atoms with van der Waals surface area (Å²) in [4.78, 5) is 23.8. The van der Waals surface area contributed by atoms with E-state index in [2.05, 4.69) is 4.74 Å². The van der Waals surface area contributed by atoms with E-state index in [1.54, 1.807) is 43.3 Å². The maximum Gasteiger partial charge on any atom is 0.335 e. The van der Waals surface area contributed by atoms with Gasteiger partial charge in [0, 0.05) is 32.3 Å². The highest BCUT2D eigenvalue weighted by atomic mass is 32.2. The van der Waals surface area contributed by atoms with Crippen molar-refractivity contribution in [1.29, 1.82) is 0 Å². The van der Waals surface area contributed by atoms with Gasteiger partial charge in [-0.2, -0.15) is 0 Å². The predicted octanol–water partition coefficient (Wildman–Crippen LogP) is 1.43. The lowest BCUT2D eigenvalue weighted by molar-refractivity contribution is -0.422. The molecule has 0 saturated heterocycles. The summed E-state index contributed by atoms with van der Waals surface area (Å²) in [5.74, 6) is -1.10. The van der Waals surface area contributed by atoms with Gasteiger partial charge in [-0.05, 0) is 19.1 Å². The lowest BCUT2D eigenvalue weighted by atomic mass is 9.96. The van der Waals surface area contributed by atoms with Crippen LogP contribution >= 0.6 is 0 Å². The molecule has 0 radical (unpaired) electrons. The molecule has 0 atom stereocenters. The van der Waals surface area contributed by atoms with Gasteiger partial charge in [-0.25, -0.2) is 18.4 Å². The SMILES string of the molecule is COC(=O)C1=C(S(N)(=O)=O)C([N+](=O)[O-])=C(Oc2ccc(C)cc2)C(=CN(C)C)C1. The van der Waals surface area contributed by atoms with Gasteiger partial charge in [-0.15, -0.1) is 0 Å². The molecule has 0 spiro atoms. The number of aryl methyl sites for hydroxylation is 1. The number of sulfonamides is 1. The van der Waals surface area contributed by atoms with Gasteiger partial charge in [0.25, 0.3) is 0 Å². The second-order valence-corrected chi connectivity index (χ2v) is 7.99. The maximum atomic E-state index is 12.2. The zero-order valence-corrected chi connectivity index (χ0v) is 17.1. The highest BCUT2D eigenvalue weighted by molar-refractivity contribution is 7.93. The normalized spacial score (nSPS) is 16.1. The van der Waals surface area contributed by atoms with Crippen molar-refractivity contribution in [2.45, 2.75) is 13.3 Å². The summed E-state index contributed by atoms with van der Waals surface area (Å²) < 4.78 is 34.7. The summed E-state index contributed by atoms with van der Waals surface area (Å²) in [5, 5.41) is 17.1. The molecule has 1 aliphatic rings. The van der Waals surface area contributed by atoms with Gasteiger partial charge in [0.15, 0.2) is 4.91 Å². The summed E-state index contributed by atoms with van der Waals surface area (Å²) in [5.41, 5.74) is -0.208. The minimum absolute atomic E-state index is 0.218. The van der Waals surface area contributed by atoms with Crippen LogP contribution in [0.25, 0.3) is 0 Å².